The lowest BCUT2D eigenvalue weighted by molar-refractivity contribution is -0.136. The smallest absolute Gasteiger partial charge is 0.323 e. The van der Waals surface area contributed by atoms with Gasteiger partial charge in [0.1, 0.15) is 5.54 Å². The van der Waals surface area contributed by atoms with E-state index in [2.05, 4.69) is 57.4 Å². The van der Waals surface area contributed by atoms with E-state index in [1.54, 1.807) is 0 Å². The Labute approximate surface area is 162 Å². The Morgan fingerprint density at radius 3 is 2.30 bits per heavy atom. The van der Waals surface area contributed by atoms with Crippen LogP contribution in [0.4, 0.5) is 4.79 Å². The van der Waals surface area contributed by atoms with Crippen molar-refractivity contribution < 1.29 is 9.59 Å². The fraction of sp³-hybridized carbons (Fsp3) is 0.636. The summed E-state index contributed by atoms with van der Waals surface area (Å²) in [6, 6.07) is 9.97. The number of imide groups is 1. The van der Waals surface area contributed by atoms with Gasteiger partial charge in [0.05, 0.1) is 6.67 Å². The van der Waals surface area contributed by atoms with E-state index in [1.165, 1.54) is 4.90 Å². The van der Waals surface area contributed by atoms with E-state index in [0.717, 1.165) is 24.8 Å². The van der Waals surface area contributed by atoms with E-state index in [9.17, 15) is 9.59 Å². The van der Waals surface area contributed by atoms with Crippen LogP contribution >= 0.6 is 0 Å². The van der Waals surface area contributed by atoms with E-state index in [0.29, 0.717) is 0 Å². The molecule has 5 nitrogen and oxygen atoms in total. The highest BCUT2D eigenvalue weighted by atomic mass is 16.2. The van der Waals surface area contributed by atoms with Crippen molar-refractivity contribution in [3.63, 3.8) is 0 Å². The summed E-state index contributed by atoms with van der Waals surface area (Å²) < 4.78 is 0. The zero-order valence-corrected chi connectivity index (χ0v) is 17.2. The highest BCUT2D eigenvalue weighted by Crippen LogP contribution is 2.42. The third-order valence-electron chi connectivity index (χ3n) is 6.44. The van der Waals surface area contributed by atoms with Gasteiger partial charge >= 0.3 is 6.03 Å². The number of rotatable bonds is 4. The Hall–Kier alpha value is -1.88. The fourth-order valence-electron chi connectivity index (χ4n) is 4.85. The van der Waals surface area contributed by atoms with Crippen LogP contribution in [0, 0.1) is 17.3 Å². The van der Waals surface area contributed by atoms with Gasteiger partial charge in [-0.05, 0) is 35.7 Å². The van der Waals surface area contributed by atoms with Crippen molar-refractivity contribution >= 4 is 11.9 Å². The van der Waals surface area contributed by atoms with Crippen LogP contribution < -0.4 is 10.6 Å². The number of carbonyl (C=O) groups is 2. The number of nitrogens with one attached hydrogen (secondary N) is 2. The minimum Gasteiger partial charge on any atom is -0.323 e. The van der Waals surface area contributed by atoms with Crippen molar-refractivity contribution in [3.05, 3.63) is 35.9 Å². The average molecular weight is 372 g/mol. The summed E-state index contributed by atoms with van der Waals surface area (Å²) in [5, 5.41) is 6.54. The summed E-state index contributed by atoms with van der Waals surface area (Å²) in [4.78, 5) is 27.4. The Balaban J connectivity index is 1.79. The van der Waals surface area contributed by atoms with Crippen molar-refractivity contribution in [1.82, 2.24) is 15.5 Å². The van der Waals surface area contributed by atoms with E-state index in [1.807, 2.05) is 18.2 Å². The van der Waals surface area contributed by atoms with Crippen LogP contribution in [0.25, 0.3) is 0 Å². The molecule has 148 valence electrons. The second-order valence-electron chi connectivity index (χ2n) is 9.34. The maximum Gasteiger partial charge on any atom is 0.326 e. The van der Waals surface area contributed by atoms with Gasteiger partial charge < -0.3 is 5.32 Å². The average Bonchev–Trinajstić information content (AvgIpc) is 2.85. The molecule has 27 heavy (non-hydrogen) atoms. The molecule has 4 atom stereocenters. The number of urea groups is 1. The molecular formula is C22H33N3O2. The molecule has 5 heteroatoms. The normalized spacial score (nSPS) is 29.9. The Morgan fingerprint density at radius 2 is 1.74 bits per heavy atom. The van der Waals surface area contributed by atoms with Crippen molar-refractivity contribution in [2.45, 2.75) is 65.5 Å². The molecule has 1 spiro atoms. The summed E-state index contributed by atoms with van der Waals surface area (Å²) in [6.07, 6.45) is 3.07. The molecule has 0 aromatic heterocycles. The van der Waals surface area contributed by atoms with E-state index in [-0.39, 0.29) is 41.9 Å². The van der Waals surface area contributed by atoms with Crippen LogP contribution in [0.15, 0.2) is 30.3 Å². The van der Waals surface area contributed by atoms with Gasteiger partial charge in [-0.2, -0.15) is 0 Å². The van der Waals surface area contributed by atoms with Crippen molar-refractivity contribution in [1.29, 1.82) is 0 Å². The molecule has 1 aromatic rings. The standard InChI is InChI=1S/C22H33N3O2/c1-15-10-9-11-16(2)22(15)19(26)25(20(27)24-22)14-23-18(21(3,4)5)17-12-7-6-8-13-17/h6-8,12-13,15-16,18,23H,9-11,14H2,1-5H3,(H,24,27)/t15-,16+,18-,22?/m0/s1. The van der Waals surface area contributed by atoms with Crippen LogP contribution in [0.2, 0.25) is 0 Å². The van der Waals surface area contributed by atoms with Gasteiger partial charge in [-0.1, -0.05) is 71.4 Å². The van der Waals surface area contributed by atoms with Crippen molar-refractivity contribution in [2.24, 2.45) is 17.3 Å². The molecule has 0 bridgehead atoms. The van der Waals surface area contributed by atoms with E-state index >= 15 is 0 Å². The molecule has 2 fully saturated rings. The number of hydrogen-bond acceptors (Lipinski definition) is 3. The first-order valence-electron chi connectivity index (χ1n) is 10.1. The lowest BCUT2D eigenvalue weighted by atomic mass is 9.67. The Bertz CT molecular complexity index is 685. The zero-order chi connectivity index (χ0) is 19.8. The van der Waals surface area contributed by atoms with Gasteiger partial charge in [0, 0.05) is 6.04 Å². The summed E-state index contributed by atoms with van der Waals surface area (Å²) in [5.41, 5.74) is 0.371. The van der Waals surface area contributed by atoms with Crippen LogP contribution in [-0.2, 0) is 4.79 Å². The SMILES string of the molecule is C[C@@H]1CCC[C@H](C)C12NC(=O)N(CN[C@@H](c1ccccc1)C(C)(C)C)C2=O. The summed E-state index contributed by atoms with van der Waals surface area (Å²) >= 11 is 0. The molecule has 1 aliphatic carbocycles. The lowest BCUT2D eigenvalue weighted by Crippen LogP contribution is -2.59. The van der Waals surface area contributed by atoms with Crippen molar-refractivity contribution in [2.75, 3.05) is 6.67 Å². The summed E-state index contributed by atoms with van der Waals surface area (Å²) in [5.74, 6) is 0.255. The molecule has 1 aliphatic heterocycles. The Kier molecular flexibility index (Phi) is 5.35. The topological polar surface area (TPSA) is 61.4 Å². The largest absolute Gasteiger partial charge is 0.326 e. The van der Waals surface area contributed by atoms with Crippen molar-refractivity contribution in [3.8, 4) is 0 Å². The quantitative estimate of drug-likeness (QED) is 0.785. The predicted molar refractivity (Wildman–Crippen MR) is 107 cm³/mol. The minimum atomic E-state index is -0.735. The van der Waals surface area contributed by atoms with E-state index < -0.39 is 5.54 Å². The van der Waals surface area contributed by atoms with Gasteiger partial charge in [0.15, 0.2) is 0 Å². The predicted octanol–water partition coefficient (Wildman–Crippen LogP) is 4.07. The second kappa shape index (κ2) is 7.27. The van der Waals surface area contributed by atoms with Crippen LogP contribution in [0.1, 0.15) is 65.5 Å². The third kappa shape index (κ3) is 3.49. The van der Waals surface area contributed by atoms with E-state index in [4.69, 9.17) is 0 Å². The molecular weight excluding hydrogens is 338 g/mol. The number of amides is 3. The van der Waals surface area contributed by atoms with Gasteiger partial charge in [-0.3, -0.25) is 10.1 Å². The summed E-state index contributed by atoms with van der Waals surface area (Å²) in [6.45, 7) is 10.9. The monoisotopic (exact) mass is 371 g/mol. The van der Waals surface area contributed by atoms with Gasteiger partial charge in [0.25, 0.3) is 5.91 Å². The molecule has 1 heterocycles. The molecule has 1 aromatic carbocycles. The van der Waals surface area contributed by atoms with Crippen LogP contribution in [0.5, 0.6) is 0 Å². The van der Waals surface area contributed by atoms with Gasteiger partial charge in [-0.15, -0.1) is 0 Å². The zero-order valence-electron chi connectivity index (χ0n) is 17.2. The molecule has 1 saturated heterocycles. The first kappa shape index (κ1) is 19.9. The maximum absolute atomic E-state index is 13.3. The second-order valence-corrected chi connectivity index (χ2v) is 9.34. The lowest BCUT2D eigenvalue weighted by Gasteiger charge is -2.42. The highest BCUT2D eigenvalue weighted by Gasteiger charge is 2.58. The third-order valence-corrected chi connectivity index (χ3v) is 6.44. The first-order valence-corrected chi connectivity index (χ1v) is 10.1. The minimum absolute atomic E-state index is 0.0389. The van der Waals surface area contributed by atoms with Gasteiger partial charge in [-0.25, -0.2) is 9.69 Å². The number of carbonyl (C=O) groups excluding carboxylic acids is 2. The highest BCUT2D eigenvalue weighted by molar-refractivity contribution is 6.07. The molecule has 1 saturated carbocycles. The fourth-order valence-corrected chi connectivity index (χ4v) is 4.85. The first-order chi connectivity index (χ1) is 12.7. The molecule has 2 N–H and O–H groups in total. The van der Waals surface area contributed by atoms with Crippen LogP contribution in [-0.4, -0.2) is 29.0 Å². The maximum atomic E-state index is 13.3. The molecule has 2 aliphatic rings. The number of hydrogen-bond donors (Lipinski definition) is 2. The number of nitrogens with zero attached hydrogens (tertiary/aromatic N) is 1. The Morgan fingerprint density at radius 1 is 1.15 bits per heavy atom. The summed E-state index contributed by atoms with van der Waals surface area (Å²) in [7, 11) is 0. The van der Waals surface area contributed by atoms with Gasteiger partial charge in [0.2, 0.25) is 0 Å². The molecule has 3 rings (SSSR count). The molecule has 1 unspecified atom stereocenters. The number of benzene rings is 1. The molecule has 3 amide bonds. The molecule has 0 radical (unpaired) electrons. The van der Waals surface area contributed by atoms with Crippen LogP contribution in [0.3, 0.4) is 0 Å².